The molecule has 0 radical (unpaired) electrons. The quantitative estimate of drug-likeness (QED) is 0.604. The van der Waals surface area contributed by atoms with Crippen LogP contribution < -0.4 is 0 Å². The Morgan fingerprint density at radius 1 is 1.42 bits per heavy atom. The Morgan fingerprint density at radius 2 is 2.23 bits per heavy atom. The van der Waals surface area contributed by atoms with Crippen LogP contribution in [0.4, 0.5) is 8.78 Å². The predicted octanol–water partition coefficient (Wildman–Crippen LogP) is 4.97. The number of carbonyl (C=O) groups excluding carboxylic acids is 1. The van der Waals surface area contributed by atoms with Crippen LogP contribution in [0.2, 0.25) is 0 Å². The van der Waals surface area contributed by atoms with E-state index in [9.17, 15) is 13.6 Å². The number of hydrogen-bond acceptors (Lipinski definition) is 4. The van der Waals surface area contributed by atoms with Crippen molar-refractivity contribution >= 4 is 28.3 Å². The van der Waals surface area contributed by atoms with Crippen LogP contribution in [0.15, 0.2) is 30.3 Å². The van der Waals surface area contributed by atoms with Gasteiger partial charge in [-0.2, -0.15) is 8.78 Å². The van der Waals surface area contributed by atoms with E-state index in [1.807, 2.05) is 6.07 Å². The van der Waals surface area contributed by atoms with E-state index in [4.69, 9.17) is 4.74 Å². The predicted molar refractivity (Wildman–Crippen MR) is 95.6 cm³/mol. The van der Waals surface area contributed by atoms with E-state index in [0.717, 1.165) is 23.8 Å². The number of rotatable bonds is 4. The van der Waals surface area contributed by atoms with Crippen LogP contribution in [-0.4, -0.2) is 15.5 Å². The maximum atomic E-state index is 13.4. The van der Waals surface area contributed by atoms with Gasteiger partial charge in [0.25, 0.3) is 0 Å². The molecule has 0 amide bonds. The van der Waals surface area contributed by atoms with Crippen LogP contribution in [0.25, 0.3) is 11.0 Å². The monoisotopic (exact) mass is 376 g/mol. The average Bonchev–Trinajstić information content (AvgIpc) is 3.20. The molecule has 136 valence electrons. The number of halogens is 2. The summed E-state index contributed by atoms with van der Waals surface area (Å²) in [6.45, 7) is -0.823. The molecule has 0 aliphatic heterocycles. The molecule has 1 atom stereocenters. The molecule has 26 heavy (non-hydrogen) atoms. The highest BCUT2D eigenvalue weighted by Gasteiger charge is 2.23. The number of benzene rings is 1. The van der Waals surface area contributed by atoms with E-state index in [1.165, 1.54) is 21.8 Å². The van der Waals surface area contributed by atoms with Gasteiger partial charge in [-0.3, -0.25) is 4.57 Å². The van der Waals surface area contributed by atoms with Crippen molar-refractivity contribution in [1.82, 2.24) is 9.55 Å². The highest BCUT2D eigenvalue weighted by atomic mass is 32.1. The van der Waals surface area contributed by atoms with Gasteiger partial charge in [0.2, 0.25) is 0 Å². The molecule has 3 aromatic rings. The normalized spacial score (nSPS) is 16.8. The van der Waals surface area contributed by atoms with E-state index >= 15 is 0 Å². The number of esters is 1. The Kier molecular flexibility index (Phi) is 4.48. The second-order valence-electron chi connectivity index (χ2n) is 6.65. The van der Waals surface area contributed by atoms with E-state index in [2.05, 4.69) is 11.9 Å². The molecule has 4 nitrogen and oxygen atoms in total. The fourth-order valence-electron chi connectivity index (χ4n) is 3.42. The first-order valence-electron chi connectivity index (χ1n) is 8.55. The summed E-state index contributed by atoms with van der Waals surface area (Å²) in [6.07, 6.45) is 3.08. The van der Waals surface area contributed by atoms with Gasteiger partial charge in [-0.15, -0.1) is 11.3 Å². The van der Waals surface area contributed by atoms with Crippen molar-refractivity contribution in [2.24, 2.45) is 5.92 Å². The number of nitrogens with zero attached hydrogens (tertiary/aromatic N) is 2. The summed E-state index contributed by atoms with van der Waals surface area (Å²) in [5.41, 5.74) is 1.99. The van der Waals surface area contributed by atoms with Gasteiger partial charge in [-0.25, -0.2) is 9.78 Å². The van der Waals surface area contributed by atoms with Crippen LogP contribution in [0.1, 0.15) is 45.8 Å². The lowest BCUT2D eigenvalue weighted by Crippen LogP contribution is -2.10. The summed E-state index contributed by atoms with van der Waals surface area (Å²) in [6, 6.07) is 8.53. The molecule has 7 heteroatoms. The van der Waals surface area contributed by atoms with Gasteiger partial charge in [-0.1, -0.05) is 19.1 Å². The maximum absolute atomic E-state index is 13.4. The summed E-state index contributed by atoms with van der Waals surface area (Å²) in [5.74, 6) is 0.182. The highest BCUT2D eigenvalue weighted by molar-refractivity contribution is 7.14. The molecular formula is C19H18F2N2O2S. The SMILES string of the molecule is CC1CCc2sc(C(=O)OCc3nc4ccccc4n3C(F)F)cc2C1. The maximum Gasteiger partial charge on any atom is 0.348 e. The molecule has 1 unspecified atom stereocenters. The molecule has 0 saturated carbocycles. The first-order valence-corrected chi connectivity index (χ1v) is 9.37. The zero-order chi connectivity index (χ0) is 18.3. The Bertz CT molecular complexity index is 964. The lowest BCUT2D eigenvalue weighted by atomic mass is 9.90. The van der Waals surface area contributed by atoms with Gasteiger partial charge in [0.1, 0.15) is 11.5 Å². The molecule has 0 bridgehead atoms. The minimum absolute atomic E-state index is 0.0458. The third-order valence-electron chi connectivity index (χ3n) is 4.73. The van der Waals surface area contributed by atoms with E-state index in [-0.39, 0.29) is 12.4 Å². The van der Waals surface area contributed by atoms with Gasteiger partial charge in [0.05, 0.1) is 11.0 Å². The van der Waals surface area contributed by atoms with Gasteiger partial charge >= 0.3 is 12.5 Å². The Morgan fingerprint density at radius 3 is 3.04 bits per heavy atom. The number of ether oxygens (including phenoxy) is 1. The van der Waals surface area contributed by atoms with Crippen molar-refractivity contribution in [1.29, 1.82) is 0 Å². The number of para-hydroxylation sites is 2. The molecule has 1 aliphatic rings. The van der Waals surface area contributed by atoms with Crippen molar-refractivity contribution in [3.63, 3.8) is 0 Å². The summed E-state index contributed by atoms with van der Waals surface area (Å²) in [5, 5.41) is 0. The average molecular weight is 376 g/mol. The lowest BCUT2D eigenvalue weighted by molar-refractivity contribution is 0.0392. The largest absolute Gasteiger partial charge is 0.453 e. The third kappa shape index (κ3) is 3.11. The Hall–Kier alpha value is -2.28. The zero-order valence-electron chi connectivity index (χ0n) is 14.2. The van der Waals surface area contributed by atoms with Crippen molar-refractivity contribution in [3.8, 4) is 0 Å². The fraction of sp³-hybridized carbons (Fsp3) is 0.368. The van der Waals surface area contributed by atoms with E-state index in [1.54, 1.807) is 24.3 Å². The van der Waals surface area contributed by atoms with Crippen LogP contribution in [0, 0.1) is 5.92 Å². The minimum atomic E-state index is -2.74. The summed E-state index contributed by atoms with van der Waals surface area (Å²) < 4.78 is 32.9. The molecule has 0 saturated heterocycles. The number of thiophene rings is 1. The Labute approximate surface area is 153 Å². The molecule has 2 aromatic heterocycles. The van der Waals surface area contributed by atoms with Gasteiger partial charge in [-0.05, 0) is 48.9 Å². The fourth-order valence-corrected chi connectivity index (χ4v) is 4.52. The molecule has 0 spiro atoms. The Balaban J connectivity index is 1.53. The summed E-state index contributed by atoms with van der Waals surface area (Å²) >= 11 is 1.45. The first-order chi connectivity index (χ1) is 12.5. The minimum Gasteiger partial charge on any atom is -0.453 e. The molecule has 0 N–H and O–H groups in total. The molecule has 2 heterocycles. The second kappa shape index (κ2) is 6.79. The number of imidazole rings is 1. The number of alkyl halides is 2. The van der Waals surface area contributed by atoms with Gasteiger partial charge < -0.3 is 4.74 Å². The zero-order valence-corrected chi connectivity index (χ0v) is 15.1. The molecule has 4 rings (SSSR count). The van der Waals surface area contributed by atoms with Crippen molar-refractivity contribution < 1.29 is 18.3 Å². The number of hydrogen-bond donors (Lipinski definition) is 0. The van der Waals surface area contributed by atoms with Crippen LogP contribution >= 0.6 is 11.3 Å². The van der Waals surface area contributed by atoms with Crippen LogP contribution in [0.5, 0.6) is 0 Å². The van der Waals surface area contributed by atoms with Crippen LogP contribution in [-0.2, 0) is 24.2 Å². The molecule has 1 aliphatic carbocycles. The molecular weight excluding hydrogens is 358 g/mol. The first kappa shape index (κ1) is 17.1. The molecule has 1 aromatic carbocycles. The smallest absolute Gasteiger partial charge is 0.348 e. The van der Waals surface area contributed by atoms with E-state index < -0.39 is 12.5 Å². The number of fused-ring (bicyclic) bond motifs is 2. The van der Waals surface area contributed by atoms with Crippen molar-refractivity contribution in [3.05, 3.63) is 51.5 Å². The topological polar surface area (TPSA) is 44.1 Å². The highest BCUT2D eigenvalue weighted by Crippen LogP contribution is 2.32. The van der Waals surface area contributed by atoms with Crippen molar-refractivity contribution in [2.75, 3.05) is 0 Å². The third-order valence-corrected chi connectivity index (χ3v) is 5.94. The summed E-state index contributed by atoms with van der Waals surface area (Å²) in [4.78, 5) is 18.3. The number of carbonyl (C=O) groups is 1. The van der Waals surface area contributed by atoms with Gasteiger partial charge in [0, 0.05) is 4.88 Å². The lowest BCUT2D eigenvalue weighted by Gasteiger charge is -2.16. The van der Waals surface area contributed by atoms with Crippen LogP contribution in [0.3, 0.4) is 0 Å². The summed E-state index contributed by atoms with van der Waals surface area (Å²) in [7, 11) is 0. The number of aryl methyl sites for hydroxylation is 1. The molecule has 0 fully saturated rings. The van der Waals surface area contributed by atoms with E-state index in [0.29, 0.717) is 21.8 Å². The van der Waals surface area contributed by atoms with Crippen molar-refractivity contribution in [2.45, 2.75) is 39.3 Å². The standard InChI is InChI=1S/C19H18F2N2O2S/c1-11-6-7-15-12(8-11)9-16(26-15)18(24)25-10-17-22-13-4-2-3-5-14(13)23(17)19(20)21/h2-5,9,11,19H,6-8,10H2,1H3. The second-order valence-corrected chi connectivity index (χ2v) is 7.78. The number of aromatic nitrogens is 2. The van der Waals surface area contributed by atoms with Gasteiger partial charge in [0.15, 0.2) is 5.82 Å².